The SMILES string of the molecule is Cc1ccc([C@H](C)NC(=O)[C@@H]2CCCN(C(=O)C(C)C)C2)o1. The molecular weight excluding hydrogens is 280 g/mol. The Morgan fingerprint density at radius 3 is 2.64 bits per heavy atom. The minimum absolute atomic E-state index is 0.00260. The Labute approximate surface area is 132 Å². The van der Waals surface area contributed by atoms with Crippen molar-refractivity contribution in [1.82, 2.24) is 10.2 Å². The van der Waals surface area contributed by atoms with E-state index in [1.165, 1.54) is 0 Å². The zero-order valence-corrected chi connectivity index (χ0v) is 13.9. The van der Waals surface area contributed by atoms with Crippen LogP contribution in [0.3, 0.4) is 0 Å². The average molecular weight is 306 g/mol. The van der Waals surface area contributed by atoms with Crippen LogP contribution in [-0.4, -0.2) is 29.8 Å². The lowest BCUT2D eigenvalue weighted by atomic mass is 9.95. The summed E-state index contributed by atoms with van der Waals surface area (Å²) in [5.41, 5.74) is 0. The molecule has 0 aromatic carbocycles. The molecule has 5 heteroatoms. The largest absolute Gasteiger partial charge is 0.464 e. The Bertz CT molecular complexity index is 536. The topological polar surface area (TPSA) is 62.6 Å². The van der Waals surface area contributed by atoms with Gasteiger partial charge < -0.3 is 14.6 Å². The first-order chi connectivity index (χ1) is 10.4. The number of hydrogen-bond acceptors (Lipinski definition) is 3. The fraction of sp³-hybridized carbons (Fsp3) is 0.647. The smallest absolute Gasteiger partial charge is 0.225 e. The van der Waals surface area contributed by atoms with Crippen LogP contribution in [0.25, 0.3) is 0 Å². The minimum atomic E-state index is -0.155. The van der Waals surface area contributed by atoms with Gasteiger partial charge >= 0.3 is 0 Å². The summed E-state index contributed by atoms with van der Waals surface area (Å²) in [6.45, 7) is 8.87. The molecule has 0 spiro atoms. The highest BCUT2D eigenvalue weighted by Crippen LogP contribution is 2.21. The van der Waals surface area contributed by atoms with Crippen LogP contribution in [0.5, 0.6) is 0 Å². The highest BCUT2D eigenvalue weighted by atomic mass is 16.3. The van der Waals surface area contributed by atoms with Crippen molar-refractivity contribution >= 4 is 11.8 Å². The highest BCUT2D eigenvalue weighted by Gasteiger charge is 2.30. The molecule has 0 radical (unpaired) electrons. The molecule has 1 fully saturated rings. The summed E-state index contributed by atoms with van der Waals surface area (Å²) in [5, 5.41) is 3.00. The number of nitrogens with zero attached hydrogens (tertiary/aromatic N) is 1. The molecule has 1 saturated heterocycles. The molecule has 2 atom stereocenters. The van der Waals surface area contributed by atoms with Gasteiger partial charge in [0.1, 0.15) is 11.5 Å². The molecule has 1 aromatic rings. The second kappa shape index (κ2) is 6.99. The van der Waals surface area contributed by atoms with E-state index in [1.807, 2.05) is 44.7 Å². The van der Waals surface area contributed by atoms with Crippen LogP contribution in [-0.2, 0) is 9.59 Å². The average Bonchev–Trinajstić information content (AvgIpc) is 2.93. The number of rotatable bonds is 4. The molecule has 0 saturated carbocycles. The summed E-state index contributed by atoms with van der Waals surface area (Å²) in [6.07, 6.45) is 1.71. The van der Waals surface area contributed by atoms with Crippen molar-refractivity contribution in [3.05, 3.63) is 23.7 Å². The van der Waals surface area contributed by atoms with Gasteiger partial charge in [0.25, 0.3) is 0 Å². The van der Waals surface area contributed by atoms with Crippen molar-refractivity contribution in [2.24, 2.45) is 11.8 Å². The second-order valence-corrected chi connectivity index (χ2v) is 6.46. The maximum Gasteiger partial charge on any atom is 0.225 e. The molecule has 2 heterocycles. The predicted molar refractivity (Wildman–Crippen MR) is 84.1 cm³/mol. The minimum Gasteiger partial charge on any atom is -0.464 e. The van der Waals surface area contributed by atoms with E-state index < -0.39 is 0 Å². The molecule has 2 amide bonds. The van der Waals surface area contributed by atoms with E-state index in [2.05, 4.69) is 5.32 Å². The molecule has 0 unspecified atom stereocenters. The first-order valence-corrected chi connectivity index (χ1v) is 8.04. The number of nitrogens with one attached hydrogen (secondary N) is 1. The molecule has 1 aliphatic heterocycles. The third-order valence-corrected chi connectivity index (χ3v) is 4.14. The van der Waals surface area contributed by atoms with E-state index in [0.717, 1.165) is 30.9 Å². The second-order valence-electron chi connectivity index (χ2n) is 6.46. The molecule has 122 valence electrons. The van der Waals surface area contributed by atoms with Crippen LogP contribution >= 0.6 is 0 Å². The van der Waals surface area contributed by atoms with Gasteiger partial charge in [0.2, 0.25) is 11.8 Å². The maximum atomic E-state index is 12.4. The molecule has 0 bridgehead atoms. The van der Waals surface area contributed by atoms with Crippen LogP contribution in [0.1, 0.15) is 51.2 Å². The third-order valence-electron chi connectivity index (χ3n) is 4.14. The van der Waals surface area contributed by atoms with Crippen molar-refractivity contribution in [3.63, 3.8) is 0 Å². The van der Waals surface area contributed by atoms with Crippen LogP contribution in [0.2, 0.25) is 0 Å². The van der Waals surface area contributed by atoms with Gasteiger partial charge in [0.15, 0.2) is 0 Å². The van der Waals surface area contributed by atoms with Gasteiger partial charge in [0.05, 0.1) is 12.0 Å². The predicted octanol–water partition coefficient (Wildman–Crippen LogP) is 2.66. The summed E-state index contributed by atoms with van der Waals surface area (Å²) >= 11 is 0. The molecule has 22 heavy (non-hydrogen) atoms. The Morgan fingerprint density at radius 1 is 1.32 bits per heavy atom. The maximum absolute atomic E-state index is 12.4. The van der Waals surface area contributed by atoms with Gasteiger partial charge in [-0.2, -0.15) is 0 Å². The van der Waals surface area contributed by atoms with Gasteiger partial charge in [-0.25, -0.2) is 0 Å². The standard InChI is InChI=1S/C17H26N2O3/c1-11(2)17(21)19-9-5-6-14(10-19)16(20)18-13(4)15-8-7-12(3)22-15/h7-8,11,13-14H,5-6,9-10H2,1-4H3,(H,18,20)/t13-,14+/m0/s1. The van der Waals surface area contributed by atoms with Gasteiger partial charge in [-0.05, 0) is 38.8 Å². The lowest BCUT2D eigenvalue weighted by Gasteiger charge is -2.33. The van der Waals surface area contributed by atoms with Gasteiger partial charge in [0, 0.05) is 19.0 Å². The van der Waals surface area contributed by atoms with Gasteiger partial charge in [-0.1, -0.05) is 13.8 Å². The van der Waals surface area contributed by atoms with E-state index in [9.17, 15) is 9.59 Å². The Kier molecular flexibility index (Phi) is 5.27. The number of hydrogen-bond donors (Lipinski definition) is 1. The lowest BCUT2D eigenvalue weighted by molar-refractivity contribution is -0.138. The van der Waals surface area contributed by atoms with Gasteiger partial charge in [-0.15, -0.1) is 0 Å². The summed E-state index contributed by atoms with van der Waals surface area (Å²) in [6, 6.07) is 3.62. The number of carbonyl (C=O) groups excluding carboxylic acids is 2. The number of likely N-dealkylation sites (tertiary alicyclic amines) is 1. The van der Waals surface area contributed by atoms with Gasteiger partial charge in [-0.3, -0.25) is 9.59 Å². The molecular formula is C17H26N2O3. The Morgan fingerprint density at radius 2 is 2.05 bits per heavy atom. The van der Waals surface area contributed by atoms with Crippen LogP contribution < -0.4 is 5.32 Å². The zero-order valence-electron chi connectivity index (χ0n) is 13.9. The number of furan rings is 1. The van der Waals surface area contributed by atoms with Crippen molar-refractivity contribution < 1.29 is 14.0 Å². The molecule has 5 nitrogen and oxygen atoms in total. The summed E-state index contributed by atoms with van der Waals surface area (Å²) in [7, 11) is 0. The highest BCUT2D eigenvalue weighted by molar-refractivity contribution is 5.82. The molecule has 0 aliphatic carbocycles. The first-order valence-electron chi connectivity index (χ1n) is 8.04. The quantitative estimate of drug-likeness (QED) is 0.930. The number of amides is 2. The monoisotopic (exact) mass is 306 g/mol. The lowest BCUT2D eigenvalue weighted by Crippen LogP contribution is -2.47. The molecule has 1 N–H and O–H groups in total. The summed E-state index contributed by atoms with van der Waals surface area (Å²) in [4.78, 5) is 26.3. The van der Waals surface area contributed by atoms with Crippen molar-refractivity contribution in [3.8, 4) is 0 Å². The zero-order chi connectivity index (χ0) is 16.3. The van der Waals surface area contributed by atoms with Crippen molar-refractivity contribution in [2.45, 2.75) is 46.6 Å². The molecule has 1 aliphatic rings. The van der Waals surface area contributed by atoms with E-state index >= 15 is 0 Å². The normalized spacial score (nSPS) is 20.0. The van der Waals surface area contributed by atoms with E-state index in [1.54, 1.807) is 0 Å². The molecule has 2 rings (SSSR count). The van der Waals surface area contributed by atoms with Crippen LogP contribution in [0.4, 0.5) is 0 Å². The van der Waals surface area contributed by atoms with E-state index in [4.69, 9.17) is 4.42 Å². The number of carbonyl (C=O) groups is 2. The summed E-state index contributed by atoms with van der Waals surface area (Å²) in [5.74, 6) is 1.58. The number of piperidine rings is 1. The fourth-order valence-electron chi connectivity index (χ4n) is 2.84. The Balaban J connectivity index is 1.93. The van der Waals surface area contributed by atoms with Crippen LogP contribution in [0.15, 0.2) is 16.5 Å². The van der Waals surface area contributed by atoms with Crippen molar-refractivity contribution in [2.75, 3.05) is 13.1 Å². The number of aryl methyl sites for hydroxylation is 1. The molecule has 1 aromatic heterocycles. The summed E-state index contributed by atoms with van der Waals surface area (Å²) < 4.78 is 5.55. The Hall–Kier alpha value is -1.78. The van der Waals surface area contributed by atoms with Crippen molar-refractivity contribution in [1.29, 1.82) is 0 Å². The first kappa shape index (κ1) is 16.6. The third kappa shape index (κ3) is 3.90. The van der Waals surface area contributed by atoms with Crippen LogP contribution in [0, 0.1) is 18.8 Å². The van der Waals surface area contributed by atoms with E-state index in [0.29, 0.717) is 6.54 Å². The fourth-order valence-corrected chi connectivity index (χ4v) is 2.84. The van der Waals surface area contributed by atoms with E-state index in [-0.39, 0.29) is 29.7 Å².